The molecular weight excluding hydrogens is 452 g/mol. The first-order valence-corrected chi connectivity index (χ1v) is 12.1. The second-order valence-electron chi connectivity index (χ2n) is 9.54. The number of rotatable bonds is 4. The SMILES string of the molecule is CC(C)(C)N1C(=O)c2ccc(C(=O)Nc3nc4ccc(CN5CCOCC5)cc4s3)cc2C1=O. The van der Waals surface area contributed by atoms with Gasteiger partial charge in [-0.15, -0.1) is 0 Å². The second-order valence-corrected chi connectivity index (χ2v) is 10.6. The van der Waals surface area contributed by atoms with Crippen molar-refractivity contribution in [3.63, 3.8) is 0 Å². The number of aromatic nitrogens is 1. The molecule has 1 aromatic heterocycles. The first-order chi connectivity index (χ1) is 16.2. The number of morpholine rings is 1. The molecule has 0 unspecified atom stereocenters. The molecule has 3 heterocycles. The van der Waals surface area contributed by atoms with Gasteiger partial charge < -0.3 is 4.74 Å². The lowest BCUT2D eigenvalue weighted by Gasteiger charge is -2.29. The molecule has 0 bridgehead atoms. The van der Waals surface area contributed by atoms with Gasteiger partial charge in [-0.1, -0.05) is 17.4 Å². The van der Waals surface area contributed by atoms with E-state index in [1.165, 1.54) is 27.9 Å². The predicted molar refractivity (Wildman–Crippen MR) is 130 cm³/mol. The Labute approximate surface area is 201 Å². The molecule has 2 aliphatic heterocycles. The maximum absolute atomic E-state index is 12.9. The van der Waals surface area contributed by atoms with Crippen LogP contribution in [0.25, 0.3) is 10.2 Å². The topological polar surface area (TPSA) is 91.8 Å². The van der Waals surface area contributed by atoms with E-state index in [2.05, 4.69) is 27.3 Å². The summed E-state index contributed by atoms with van der Waals surface area (Å²) in [7, 11) is 0. The summed E-state index contributed by atoms with van der Waals surface area (Å²) in [6.45, 7) is 9.64. The third-order valence-corrected chi connectivity index (χ3v) is 6.94. The minimum absolute atomic E-state index is 0.254. The summed E-state index contributed by atoms with van der Waals surface area (Å²) in [5.74, 6) is -1.08. The molecule has 0 radical (unpaired) electrons. The van der Waals surface area contributed by atoms with Crippen LogP contribution in [0.1, 0.15) is 57.4 Å². The van der Waals surface area contributed by atoms with Gasteiger partial charge in [-0.25, -0.2) is 4.98 Å². The molecule has 0 saturated carbocycles. The molecule has 9 heteroatoms. The number of anilines is 1. The van der Waals surface area contributed by atoms with Crippen LogP contribution in [0.3, 0.4) is 0 Å². The van der Waals surface area contributed by atoms with E-state index in [0.29, 0.717) is 16.3 Å². The number of nitrogens with one attached hydrogen (secondary N) is 1. The minimum Gasteiger partial charge on any atom is -0.379 e. The van der Waals surface area contributed by atoms with Gasteiger partial charge in [-0.2, -0.15) is 0 Å². The number of nitrogens with zero attached hydrogens (tertiary/aromatic N) is 3. The molecule has 34 heavy (non-hydrogen) atoms. The van der Waals surface area contributed by atoms with Crippen LogP contribution in [0.4, 0.5) is 5.13 Å². The lowest BCUT2D eigenvalue weighted by atomic mass is 10.1. The van der Waals surface area contributed by atoms with Gasteiger partial charge in [0.1, 0.15) is 0 Å². The number of ether oxygens (including phenoxy) is 1. The molecule has 0 spiro atoms. The van der Waals surface area contributed by atoms with E-state index < -0.39 is 5.54 Å². The van der Waals surface area contributed by atoms with Crippen LogP contribution >= 0.6 is 11.3 Å². The number of hydrogen-bond donors (Lipinski definition) is 1. The summed E-state index contributed by atoms with van der Waals surface area (Å²) < 4.78 is 6.41. The maximum Gasteiger partial charge on any atom is 0.262 e. The average molecular weight is 479 g/mol. The summed E-state index contributed by atoms with van der Waals surface area (Å²) in [5.41, 5.74) is 2.26. The summed E-state index contributed by atoms with van der Waals surface area (Å²) in [6, 6.07) is 10.8. The molecular formula is C25H26N4O4S. The van der Waals surface area contributed by atoms with Crippen LogP contribution in [-0.4, -0.2) is 64.3 Å². The van der Waals surface area contributed by atoms with Gasteiger partial charge in [0.15, 0.2) is 5.13 Å². The first-order valence-electron chi connectivity index (χ1n) is 11.2. The van der Waals surface area contributed by atoms with Crippen molar-refractivity contribution in [2.24, 2.45) is 0 Å². The van der Waals surface area contributed by atoms with E-state index in [1.54, 1.807) is 12.1 Å². The van der Waals surface area contributed by atoms with E-state index in [4.69, 9.17) is 4.74 Å². The van der Waals surface area contributed by atoms with Gasteiger partial charge in [-0.05, 0) is 56.7 Å². The van der Waals surface area contributed by atoms with Gasteiger partial charge in [-0.3, -0.25) is 29.5 Å². The molecule has 3 aromatic rings. The highest BCUT2D eigenvalue weighted by atomic mass is 32.1. The predicted octanol–water partition coefficient (Wildman–Crippen LogP) is 3.78. The third-order valence-electron chi connectivity index (χ3n) is 6.00. The Morgan fingerprint density at radius 2 is 1.79 bits per heavy atom. The van der Waals surface area contributed by atoms with Gasteiger partial charge in [0, 0.05) is 30.7 Å². The highest BCUT2D eigenvalue weighted by Gasteiger charge is 2.42. The molecule has 0 atom stereocenters. The zero-order chi connectivity index (χ0) is 24.0. The van der Waals surface area contributed by atoms with E-state index in [1.807, 2.05) is 26.8 Å². The fraction of sp³-hybridized carbons (Fsp3) is 0.360. The molecule has 2 aromatic carbocycles. The highest BCUT2D eigenvalue weighted by Crippen LogP contribution is 2.31. The van der Waals surface area contributed by atoms with Crippen molar-refractivity contribution in [2.75, 3.05) is 31.6 Å². The van der Waals surface area contributed by atoms with Crippen LogP contribution in [0.5, 0.6) is 0 Å². The van der Waals surface area contributed by atoms with Crippen molar-refractivity contribution >= 4 is 44.4 Å². The molecule has 3 amide bonds. The Morgan fingerprint density at radius 3 is 2.53 bits per heavy atom. The monoisotopic (exact) mass is 478 g/mol. The minimum atomic E-state index is -0.642. The zero-order valence-corrected chi connectivity index (χ0v) is 20.2. The molecule has 5 rings (SSSR count). The number of fused-ring (bicyclic) bond motifs is 2. The van der Waals surface area contributed by atoms with Crippen molar-refractivity contribution in [3.05, 3.63) is 58.7 Å². The highest BCUT2D eigenvalue weighted by molar-refractivity contribution is 7.22. The smallest absolute Gasteiger partial charge is 0.262 e. The molecule has 0 aliphatic carbocycles. The molecule has 1 fully saturated rings. The van der Waals surface area contributed by atoms with E-state index in [9.17, 15) is 14.4 Å². The Kier molecular flexibility index (Phi) is 5.71. The van der Waals surface area contributed by atoms with Crippen LogP contribution in [0, 0.1) is 0 Å². The van der Waals surface area contributed by atoms with E-state index in [0.717, 1.165) is 43.1 Å². The molecule has 8 nitrogen and oxygen atoms in total. The van der Waals surface area contributed by atoms with Gasteiger partial charge >= 0.3 is 0 Å². The fourth-order valence-corrected chi connectivity index (χ4v) is 5.22. The summed E-state index contributed by atoms with van der Waals surface area (Å²) in [6.07, 6.45) is 0. The van der Waals surface area contributed by atoms with E-state index in [-0.39, 0.29) is 23.3 Å². The lowest BCUT2D eigenvalue weighted by molar-refractivity contribution is 0.0342. The Morgan fingerprint density at radius 1 is 1.06 bits per heavy atom. The maximum atomic E-state index is 12.9. The number of carbonyl (C=O) groups excluding carboxylic acids is 3. The molecule has 2 aliphatic rings. The van der Waals surface area contributed by atoms with Gasteiger partial charge in [0.25, 0.3) is 17.7 Å². The van der Waals surface area contributed by atoms with Gasteiger partial charge in [0.05, 0.1) is 34.6 Å². The second kappa shape index (κ2) is 8.57. The Balaban J connectivity index is 1.33. The number of amides is 3. The Hall–Kier alpha value is -3.14. The molecule has 176 valence electrons. The number of thiazole rings is 1. The van der Waals surface area contributed by atoms with Crippen LogP contribution < -0.4 is 5.32 Å². The average Bonchev–Trinajstić information content (AvgIpc) is 3.31. The van der Waals surface area contributed by atoms with Crippen molar-refractivity contribution in [2.45, 2.75) is 32.9 Å². The normalized spacial score (nSPS) is 16.9. The quantitative estimate of drug-likeness (QED) is 0.574. The van der Waals surface area contributed by atoms with Gasteiger partial charge in [0.2, 0.25) is 0 Å². The third kappa shape index (κ3) is 4.22. The summed E-state index contributed by atoms with van der Waals surface area (Å²) >= 11 is 1.41. The largest absolute Gasteiger partial charge is 0.379 e. The number of hydrogen-bond acceptors (Lipinski definition) is 7. The van der Waals surface area contributed by atoms with Crippen LogP contribution in [-0.2, 0) is 11.3 Å². The number of imide groups is 1. The zero-order valence-electron chi connectivity index (χ0n) is 19.4. The number of carbonyl (C=O) groups is 3. The van der Waals surface area contributed by atoms with Crippen LogP contribution in [0.15, 0.2) is 36.4 Å². The van der Waals surface area contributed by atoms with Crippen LogP contribution in [0.2, 0.25) is 0 Å². The van der Waals surface area contributed by atoms with Crippen molar-refractivity contribution in [3.8, 4) is 0 Å². The van der Waals surface area contributed by atoms with Crippen molar-refractivity contribution in [1.82, 2.24) is 14.8 Å². The van der Waals surface area contributed by atoms with E-state index >= 15 is 0 Å². The molecule has 1 saturated heterocycles. The summed E-state index contributed by atoms with van der Waals surface area (Å²) in [5, 5.41) is 3.33. The van der Waals surface area contributed by atoms with Crippen molar-refractivity contribution < 1.29 is 19.1 Å². The molecule has 1 N–H and O–H groups in total. The standard InChI is InChI=1S/C25H26N4O4S/c1-25(2,3)29-22(31)17-6-5-16(13-18(17)23(29)32)21(30)27-24-26-19-7-4-15(12-20(19)34-24)14-28-8-10-33-11-9-28/h4-7,12-13H,8-11,14H2,1-3H3,(H,26,27,30). The summed E-state index contributed by atoms with van der Waals surface area (Å²) in [4.78, 5) is 46.5. The lowest BCUT2D eigenvalue weighted by Crippen LogP contribution is -2.45. The van der Waals surface area contributed by atoms with Crippen molar-refractivity contribution in [1.29, 1.82) is 0 Å². The Bertz CT molecular complexity index is 1300. The first kappa shape index (κ1) is 22.6. The fourth-order valence-electron chi connectivity index (χ4n) is 4.30. The number of benzene rings is 2.